The molecule has 0 saturated heterocycles. The van der Waals surface area contributed by atoms with E-state index in [4.69, 9.17) is 5.73 Å². The number of aromatic nitrogens is 1. The van der Waals surface area contributed by atoms with E-state index in [1.165, 1.54) is 0 Å². The first-order chi connectivity index (χ1) is 9.81. The van der Waals surface area contributed by atoms with E-state index in [9.17, 15) is 22.0 Å². The second kappa shape index (κ2) is 5.98. The van der Waals surface area contributed by atoms with Gasteiger partial charge in [-0.2, -0.15) is 13.2 Å². The highest BCUT2D eigenvalue weighted by Crippen LogP contribution is 2.34. The number of hydrogen-bond donors (Lipinski definition) is 1. The maximum Gasteiger partial charge on any atom is 0.417 e. The SMILES string of the molecule is NCc1cc(F)c(Sc2ccc(C(F)(F)F)cn2)c(F)c1. The number of benzene rings is 1. The van der Waals surface area contributed by atoms with Gasteiger partial charge in [-0.15, -0.1) is 0 Å². The number of rotatable bonds is 3. The topological polar surface area (TPSA) is 38.9 Å². The molecule has 2 N–H and O–H groups in total. The van der Waals surface area contributed by atoms with Crippen LogP contribution >= 0.6 is 11.8 Å². The van der Waals surface area contributed by atoms with Crippen molar-refractivity contribution < 1.29 is 22.0 Å². The summed E-state index contributed by atoms with van der Waals surface area (Å²) in [6.07, 6.45) is -3.89. The molecule has 1 heterocycles. The van der Waals surface area contributed by atoms with Crippen LogP contribution in [0.1, 0.15) is 11.1 Å². The van der Waals surface area contributed by atoms with E-state index in [1.54, 1.807) is 0 Å². The lowest BCUT2D eigenvalue weighted by Gasteiger charge is -2.08. The second-order valence-electron chi connectivity index (χ2n) is 4.08. The largest absolute Gasteiger partial charge is 0.417 e. The van der Waals surface area contributed by atoms with E-state index in [2.05, 4.69) is 4.98 Å². The van der Waals surface area contributed by atoms with E-state index in [1.807, 2.05) is 0 Å². The van der Waals surface area contributed by atoms with Gasteiger partial charge in [0.2, 0.25) is 0 Å². The summed E-state index contributed by atoms with van der Waals surface area (Å²) in [6.45, 7) is -0.0166. The van der Waals surface area contributed by atoms with Crippen molar-refractivity contribution in [2.24, 2.45) is 5.73 Å². The van der Waals surface area contributed by atoms with Crippen LogP contribution < -0.4 is 5.73 Å². The average molecular weight is 320 g/mol. The van der Waals surface area contributed by atoms with Crippen LogP contribution in [0.3, 0.4) is 0 Å². The zero-order valence-corrected chi connectivity index (χ0v) is 11.2. The number of halogens is 5. The third kappa shape index (κ3) is 3.70. The molecule has 0 fully saturated rings. The first-order valence-corrected chi connectivity index (χ1v) is 6.52. The van der Waals surface area contributed by atoms with Crippen LogP contribution in [0.15, 0.2) is 40.4 Å². The molecule has 0 radical (unpaired) electrons. The van der Waals surface area contributed by atoms with Gasteiger partial charge in [-0.3, -0.25) is 0 Å². The highest BCUT2D eigenvalue weighted by atomic mass is 32.2. The molecule has 0 aliphatic rings. The van der Waals surface area contributed by atoms with Crippen LogP contribution in [0.25, 0.3) is 0 Å². The van der Waals surface area contributed by atoms with Crippen molar-refractivity contribution in [3.8, 4) is 0 Å². The van der Waals surface area contributed by atoms with Gasteiger partial charge >= 0.3 is 6.18 Å². The summed E-state index contributed by atoms with van der Waals surface area (Å²) in [5, 5.41) is 0.0568. The molecule has 2 rings (SSSR count). The van der Waals surface area contributed by atoms with Gasteiger partial charge in [-0.25, -0.2) is 13.8 Å². The molecule has 0 atom stereocenters. The molecule has 8 heteroatoms. The predicted molar refractivity (Wildman–Crippen MR) is 67.6 cm³/mol. The molecule has 1 aromatic carbocycles. The molecule has 2 nitrogen and oxygen atoms in total. The van der Waals surface area contributed by atoms with Crippen LogP contribution in [-0.2, 0) is 12.7 Å². The zero-order chi connectivity index (χ0) is 15.6. The van der Waals surface area contributed by atoms with Crippen molar-refractivity contribution in [1.82, 2.24) is 4.98 Å². The van der Waals surface area contributed by atoms with Crippen LogP contribution in [0, 0.1) is 11.6 Å². The molecule has 0 aliphatic carbocycles. The summed E-state index contributed by atoms with van der Waals surface area (Å²) in [6, 6.07) is 4.02. The maximum atomic E-state index is 13.7. The standard InChI is InChI=1S/C13H9F5N2S/c14-9-3-7(5-19)4-10(15)12(9)21-11-2-1-8(6-20-11)13(16,17)18/h1-4,6H,5,19H2. The van der Waals surface area contributed by atoms with Gasteiger partial charge in [0.1, 0.15) is 16.7 Å². The quantitative estimate of drug-likeness (QED) is 0.869. The molecule has 2 aromatic rings. The van der Waals surface area contributed by atoms with Crippen molar-refractivity contribution in [1.29, 1.82) is 0 Å². The smallest absolute Gasteiger partial charge is 0.326 e. The third-order valence-corrected chi connectivity index (χ3v) is 3.61. The zero-order valence-electron chi connectivity index (χ0n) is 10.4. The first kappa shape index (κ1) is 15.7. The van der Waals surface area contributed by atoms with Gasteiger partial charge in [0, 0.05) is 12.7 Å². The number of alkyl halides is 3. The van der Waals surface area contributed by atoms with Crippen LogP contribution in [-0.4, -0.2) is 4.98 Å². The Kier molecular flexibility index (Phi) is 4.48. The average Bonchev–Trinajstić information content (AvgIpc) is 2.42. The Hall–Kier alpha value is -1.67. The molecule has 0 amide bonds. The predicted octanol–water partition coefficient (Wildman–Crippen LogP) is 3.99. The third-order valence-electron chi connectivity index (χ3n) is 2.56. The Balaban J connectivity index is 2.26. The van der Waals surface area contributed by atoms with Crippen molar-refractivity contribution in [2.75, 3.05) is 0 Å². The van der Waals surface area contributed by atoms with Gasteiger partial charge < -0.3 is 5.73 Å². The Labute approximate surface area is 121 Å². The Morgan fingerprint density at radius 2 is 1.71 bits per heavy atom. The summed E-state index contributed by atoms with van der Waals surface area (Å²) >= 11 is 0.610. The van der Waals surface area contributed by atoms with Gasteiger partial charge in [-0.05, 0) is 29.8 Å². The van der Waals surface area contributed by atoms with E-state index < -0.39 is 23.4 Å². The van der Waals surface area contributed by atoms with E-state index in [0.717, 1.165) is 24.3 Å². The molecule has 0 saturated carbocycles. The van der Waals surface area contributed by atoms with Crippen molar-refractivity contribution in [2.45, 2.75) is 22.6 Å². The van der Waals surface area contributed by atoms with E-state index >= 15 is 0 Å². The lowest BCUT2D eigenvalue weighted by atomic mass is 10.2. The second-order valence-corrected chi connectivity index (χ2v) is 5.11. The minimum atomic E-state index is -4.50. The van der Waals surface area contributed by atoms with Crippen molar-refractivity contribution >= 4 is 11.8 Å². The summed E-state index contributed by atoms with van der Waals surface area (Å²) in [7, 11) is 0. The summed E-state index contributed by atoms with van der Waals surface area (Å²) in [5.74, 6) is -1.66. The number of pyridine rings is 1. The molecular formula is C13H9F5N2S. The Morgan fingerprint density at radius 3 is 2.14 bits per heavy atom. The van der Waals surface area contributed by atoms with E-state index in [0.29, 0.717) is 18.0 Å². The maximum absolute atomic E-state index is 13.7. The van der Waals surface area contributed by atoms with Gasteiger partial charge in [0.25, 0.3) is 0 Å². The Bertz CT molecular complexity index is 617. The van der Waals surface area contributed by atoms with Gasteiger partial charge in [0.15, 0.2) is 0 Å². The van der Waals surface area contributed by atoms with Crippen molar-refractivity contribution in [3.05, 3.63) is 53.2 Å². The lowest BCUT2D eigenvalue weighted by molar-refractivity contribution is -0.137. The first-order valence-electron chi connectivity index (χ1n) is 5.70. The normalized spacial score (nSPS) is 11.7. The van der Waals surface area contributed by atoms with Crippen molar-refractivity contribution in [3.63, 3.8) is 0 Å². The fraction of sp³-hybridized carbons (Fsp3) is 0.154. The van der Waals surface area contributed by atoms with Gasteiger partial charge in [0.05, 0.1) is 10.5 Å². The molecule has 112 valence electrons. The summed E-state index contributed by atoms with van der Waals surface area (Å²) in [5.41, 5.74) is 4.65. The van der Waals surface area contributed by atoms with Crippen LogP contribution in [0.4, 0.5) is 22.0 Å². The highest BCUT2D eigenvalue weighted by Gasteiger charge is 2.30. The molecule has 1 aromatic heterocycles. The number of nitrogens with two attached hydrogens (primary N) is 1. The molecule has 0 spiro atoms. The molecule has 0 unspecified atom stereocenters. The fourth-order valence-corrected chi connectivity index (χ4v) is 2.30. The molecule has 0 aliphatic heterocycles. The monoisotopic (exact) mass is 320 g/mol. The lowest BCUT2D eigenvalue weighted by Crippen LogP contribution is -2.05. The minimum absolute atomic E-state index is 0.0166. The van der Waals surface area contributed by atoms with Crippen LogP contribution in [0.5, 0.6) is 0 Å². The molecule has 21 heavy (non-hydrogen) atoms. The summed E-state index contributed by atoms with van der Waals surface area (Å²) in [4.78, 5) is 3.22. The van der Waals surface area contributed by atoms with Gasteiger partial charge in [-0.1, -0.05) is 11.8 Å². The molecule has 0 bridgehead atoms. The van der Waals surface area contributed by atoms with E-state index in [-0.39, 0.29) is 22.0 Å². The Morgan fingerprint density at radius 1 is 1.10 bits per heavy atom. The number of hydrogen-bond acceptors (Lipinski definition) is 3. The fourth-order valence-electron chi connectivity index (χ4n) is 1.54. The highest BCUT2D eigenvalue weighted by molar-refractivity contribution is 7.99. The summed E-state index contributed by atoms with van der Waals surface area (Å²) < 4.78 is 64.6. The van der Waals surface area contributed by atoms with Crippen LogP contribution in [0.2, 0.25) is 0 Å². The minimum Gasteiger partial charge on any atom is -0.326 e. The number of nitrogens with zero attached hydrogens (tertiary/aromatic N) is 1. The molecular weight excluding hydrogens is 311 g/mol.